The van der Waals surface area contributed by atoms with Gasteiger partial charge in [0.05, 0.1) is 22.9 Å². The van der Waals surface area contributed by atoms with Crippen LogP contribution in [0.5, 0.6) is 0 Å². The number of hydrogen-bond donors (Lipinski definition) is 3. The fourth-order valence-corrected chi connectivity index (χ4v) is 2.40. The Morgan fingerprint density at radius 1 is 1.50 bits per heavy atom. The van der Waals surface area contributed by atoms with Crippen molar-refractivity contribution < 1.29 is 4.79 Å². The maximum absolute atomic E-state index is 11.1. The molecule has 2 aliphatic rings. The number of carbonyl (C=O) groups excluding carboxylic acids is 1. The Balaban J connectivity index is 1.90. The molecule has 0 spiro atoms. The van der Waals surface area contributed by atoms with Gasteiger partial charge in [0, 0.05) is 24.8 Å². The van der Waals surface area contributed by atoms with Crippen molar-refractivity contribution >= 4 is 18.2 Å². The largest absolute Gasteiger partial charge is 0.369 e. The lowest BCUT2D eigenvalue weighted by Crippen LogP contribution is -2.32. The molecule has 1 aromatic carbocycles. The first kappa shape index (κ1) is 15.7. The molecule has 6 nitrogen and oxygen atoms in total. The van der Waals surface area contributed by atoms with E-state index in [0.717, 1.165) is 36.2 Å². The lowest BCUT2D eigenvalue weighted by molar-refractivity contribution is -0.104. The van der Waals surface area contributed by atoms with Crippen LogP contribution in [-0.2, 0) is 11.2 Å². The highest BCUT2D eigenvalue weighted by Crippen LogP contribution is 2.21. The molecule has 24 heavy (non-hydrogen) atoms. The molecule has 120 valence electrons. The quantitative estimate of drug-likeness (QED) is 0.423. The Hall–Kier alpha value is -3.20. The molecule has 1 aromatic rings. The van der Waals surface area contributed by atoms with Gasteiger partial charge in [-0.15, -0.1) is 0 Å². The fraction of sp³-hybridized carbons (Fsp3) is 0.222. The van der Waals surface area contributed by atoms with Gasteiger partial charge >= 0.3 is 0 Å². The first-order valence-corrected chi connectivity index (χ1v) is 7.73. The standard InChI is InChI=1S/C18H17N5O/c19-9-13-3-1-2-12(6-13)7-16-8-17(21-15-4-5-15)23-18(22-16)14(10-20)11-24/h1-3,6,8,10-11,15,20-21,23H,4-5,7H2/b18-14+,20-10?. The van der Waals surface area contributed by atoms with Crippen LogP contribution in [0.25, 0.3) is 0 Å². The molecule has 6 heteroatoms. The van der Waals surface area contributed by atoms with Gasteiger partial charge in [-0.05, 0) is 30.5 Å². The number of nitrogens with zero attached hydrogens (tertiary/aromatic N) is 2. The molecular weight excluding hydrogens is 302 g/mol. The number of hydrogen-bond acceptors (Lipinski definition) is 6. The van der Waals surface area contributed by atoms with Crippen LogP contribution in [0.2, 0.25) is 0 Å². The van der Waals surface area contributed by atoms with Gasteiger partial charge in [0.1, 0.15) is 11.6 Å². The van der Waals surface area contributed by atoms with E-state index in [9.17, 15) is 4.79 Å². The van der Waals surface area contributed by atoms with Crippen LogP contribution in [0.3, 0.4) is 0 Å². The van der Waals surface area contributed by atoms with Crippen molar-refractivity contribution in [3.8, 4) is 6.07 Å². The van der Waals surface area contributed by atoms with Gasteiger partial charge in [0.2, 0.25) is 0 Å². The first-order chi connectivity index (χ1) is 11.7. The highest BCUT2D eigenvalue weighted by atomic mass is 16.1. The maximum Gasteiger partial charge on any atom is 0.155 e. The van der Waals surface area contributed by atoms with Gasteiger partial charge in [-0.2, -0.15) is 5.26 Å². The summed E-state index contributed by atoms with van der Waals surface area (Å²) in [5, 5.41) is 22.8. The van der Waals surface area contributed by atoms with Gasteiger partial charge in [0.15, 0.2) is 6.29 Å². The number of rotatable bonds is 6. The second kappa shape index (κ2) is 6.92. The second-order valence-corrected chi connectivity index (χ2v) is 5.76. The Morgan fingerprint density at radius 2 is 2.33 bits per heavy atom. The van der Waals surface area contributed by atoms with Crippen LogP contribution in [0.1, 0.15) is 24.0 Å². The fourth-order valence-electron chi connectivity index (χ4n) is 2.40. The zero-order valence-corrected chi connectivity index (χ0v) is 13.0. The Labute approximate surface area is 140 Å². The SMILES string of the molecule is N#Cc1cccc(CC2=N/C(=C(/C=N)C=O)NC(NC3CC3)=C2)c1. The first-order valence-electron chi connectivity index (χ1n) is 7.73. The summed E-state index contributed by atoms with van der Waals surface area (Å²) in [5.41, 5.74) is 2.54. The molecule has 3 rings (SSSR count). The summed E-state index contributed by atoms with van der Waals surface area (Å²) in [4.78, 5) is 15.6. The topological polar surface area (TPSA) is 101 Å². The van der Waals surface area contributed by atoms with E-state index < -0.39 is 0 Å². The van der Waals surface area contributed by atoms with E-state index in [1.807, 2.05) is 24.3 Å². The Kier molecular flexibility index (Phi) is 4.52. The average molecular weight is 319 g/mol. The van der Waals surface area contributed by atoms with Gasteiger partial charge in [-0.3, -0.25) is 4.79 Å². The Morgan fingerprint density at radius 3 is 3.00 bits per heavy atom. The maximum atomic E-state index is 11.1. The van der Waals surface area contributed by atoms with E-state index in [2.05, 4.69) is 21.7 Å². The molecule has 3 N–H and O–H groups in total. The number of carbonyl (C=O) groups is 1. The van der Waals surface area contributed by atoms with Crippen molar-refractivity contribution in [2.45, 2.75) is 25.3 Å². The number of aldehydes is 1. The number of nitriles is 1. The summed E-state index contributed by atoms with van der Waals surface area (Å²) < 4.78 is 0. The summed E-state index contributed by atoms with van der Waals surface area (Å²) in [6.45, 7) is 0. The molecule has 0 unspecified atom stereocenters. The lowest BCUT2D eigenvalue weighted by atomic mass is 10.0. The molecule has 1 saturated carbocycles. The third kappa shape index (κ3) is 3.76. The van der Waals surface area contributed by atoms with E-state index in [1.54, 1.807) is 6.07 Å². The molecule has 0 amide bonds. The van der Waals surface area contributed by atoms with E-state index in [0.29, 0.717) is 30.1 Å². The molecule has 0 bridgehead atoms. The van der Waals surface area contributed by atoms with Crippen molar-refractivity contribution in [2.24, 2.45) is 4.99 Å². The van der Waals surface area contributed by atoms with Crippen molar-refractivity contribution in [3.63, 3.8) is 0 Å². The monoisotopic (exact) mass is 319 g/mol. The highest BCUT2D eigenvalue weighted by molar-refractivity contribution is 6.04. The van der Waals surface area contributed by atoms with Crippen LogP contribution < -0.4 is 10.6 Å². The molecule has 0 radical (unpaired) electrons. The summed E-state index contributed by atoms with van der Waals surface area (Å²) >= 11 is 0. The number of aliphatic imine (C=N–C) groups is 1. The van der Waals surface area contributed by atoms with Gasteiger partial charge in [0.25, 0.3) is 0 Å². The minimum absolute atomic E-state index is 0.196. The number of allylic oxidation sites excluding steroid dienone is 2. The predicted octanol–water partition coefficient (Wildman–Crippen LogP) is 1.80. The van der Waals surface area contributed by atoms with Crippen molar-refractivity contribution in [3.05, 3.63) is 58.7 Å². The van der Waals surface area contributed by atoms with E-state index >= 15 is 0 Å². The van der Waals surface area contributed by atoms with Crippen LogP contribution in [0.15, 0.2) is 52.5 Å². The van der Waals surface area contributed by atoms with Crippen molar-refractivity contribution in [1.82, 2.24) is 10.6 Å². The van der Waals surface area contributed by atoms with Crippen LogP contribution in [0, 0.1) is 16.7 Å². The zero-order valence-electron chi connectivity index (χ0n) is 13.0. The van der Waals surface area contributed by atoms with Crippen LogP contribution in [-0.4, -0.2) is 24.3 Å². The third-order valence-corrected chi connectivity index (χ3v) is 3.75. The second-order valence-electron chi connectivity index (χ2n) is 5.76. The van der Waals surface area contributed by atoms with Crippen LogP contribution in [0.4, 0.5) is 0 Å². The van der Waals surface area contributed by atoms with Crippen molar-refractivity contribution in [2.75, 3.05) is 0 Å². The average Bonchev–Trinajstić information content (AvgIpc) is 3.40. The van der Waals surface area contributed by atoms with Crippen molar-refractivity contribution in [1.29, 1.82) is 10.7 Å². The summed E-state index contributed by atoms with van der Waals surface area (Å²) in [5.74, 6) is 1.16. The van der Waals surface area contributed by atoms with Gasteiger partial charge in [-0.1, -0.05) is 12.1 Å². The molecular formula is C18H17N5O. The molecule has 0 atom stereocenters. The Bertz CT molecular complexity index is 799. The number of nitrogens with one attached hydrogen (secondary N) is 3. The molecule has 1 fully saturated rings. The minimum Gasteiger partial charge on any atom is -0.369 e. The molecule has 1 aliphatic heterocycles. The van der Waals surface area contributed by atoms with Gasteiger partial charge in [-0.25, -0.2) is 4.99 Å². The number of benzene rings is 1. The molecule has 0 aromatic heterocycles. The van der Waals surface area contributed by atoms with Crippen LogP contribution >= 0.6 is 0 Å². The summed E-state index contributed by atoms with van der Waals surface area (Å²) in [6.07, 6.45) is 6.31. The summed E-state index contributed by atoms with van der Waals surface area (Å²) in [7, 11) is 0. The minimum atomic E-state index is 0.196. The van der Waals surface area contributed by atoms with Gasteiger partial charge < -0.3 is 16.0 Å². The molecule has 1 heterocycles. The third-order valence-electron chi connectivity index (χ3n) is 3.75. The lowest BCUT2D eigenvalue weighted by Gasteiger charge is -2.20. The molecule has 0 saturated heterocycles. The normalized spacial score (nSPS) is 18.5. The smallest absolute Gasteiger partial charge is 0.155 e. The predicted molar refractivity (Wildman–Crippen MR) is 91.5 cm³/mol. The van der Waals surface area contributed by atoms with E-state index in [1.165, 1.54) is 0 Å². The molecule has 1 aliphatic carbocycles. The highest BCUT2D eigenvalue weighted by Gasteiger charge is 2.23. The summed E-state index contributed by atoms with van der Waals surface area (Å²) in [6, 6.07) is 9.94. The van der Waals surface area contributed by atoms with E-state index in [4.69, 9.17) is 10.7 Å². The zero-order chi connectivity index (χ0) is 16.9. The van der Waals surface area contributed by atoms with E-state index in [-0.39, 0.29) is 5.57 Å².